The topological polar surface area (TPSA) is 60.2 Å². The molecule has 0 unspecified atom stereocenters. The summed E-state index contributed by atoms with van der Waals surface area (Å²) in [5, 5.41) is 0. The third-order valence-corrected chi connectivity index (χ3v) is 4.81. The molecule has 0 saturated carbocycles. The number of nitrogens with zero attached hydrogens (tertiary/aromatic N) is 4. The Morgan fingerprint density at radius 1 is 0.759 bits per heavy atom. The summed E-state index contributed by atoms with van der Waals surface area (Å²) < 4.78 is 2.07. The van der Waals surface area contributed by atoms with Crippen LogP contribution in [0.2, 0.25) is 0 Å². The molecule has 5 rings (SSSR count). The molecule has 4 aromatic heterocycles. The molecule has 0 bridgehead atoms. The average Bonchev–Trinajstić information content (AvgIpc) is 3.19. The molecule has 0 N–H and O–H groups in total. The highest BCUT2D eigenvalue weighted by Crippen LogP contribution is 2.33. The number of pyridine rings is 3. The van der Waals surface area contributed by atoms with E-state index in [-0.39, 0.29) is 0 Å². The van der Waals surface area contributed by atoms with E-state index in [0.29, 0.717) is 5.56 Å². The van der Waals surface area contributed by atoms with Crippen LogP contribution in [0.4, 0.5) is 0 Å². The van der Waals surface area contributed by atoms with Crippen LogP contribution in [0.5, 0.6) is 0 Å². The van der Waals surface area contributed by atoms with E-state index in [1.54, 1.807) is 24.5 Å². The van der Waals surface area contributed by atoms with E-state index in [1.165, 1.54) is 0 Å². The Morgan fingerprint density at radius 3 is 2.38 bits per heavy atom. The number of fused-ring (bicyclic) bond motifs is 1. The van der Waals surface area contributed by atoms with Gasteiger partial charge >= 0.3 is 0 Å². The summed E-state index contributed by atoms with van der Waals surface area (Å²) >= 11 is 0. The van der Waals surface area contributed by atoms with Crippen LogP contribution in [0.1, 0.15) is 10.4 Å². The largest absolute Gasteiger partial charge is 0.299 e. The number of hydrogen-bond donors (Lipinski definition) is 0. The fraction of sp³-hybridized carbons (Fsp3) is 0. The van der Waals surface area contributed by atoms with E-state index in [0.717, 1.165) is 45.8 Å². The maximum Gasteiger partial charge on any atom is 0.150 e. The molecule has 5 nitrogen and oxygen atoms in total. The van der Waals surface area contributed by atoms with Gasteiger partial charge in [-0.1, -0.05) is 36.4 Å². The molecular weight excluding hydrogens is 360 g/mol. The molecule has 0 radical (unpaired) electrons. The summed E-state index contributed by atoms with van der Waals surface area (Å²) in [5.74, 6) is 0. The molecule has 0 aliphatic carbocycles. The average molecular weight is 376 g/mol. The highest BCUT2D eigenvalue weighted by Gasteiger charge is 2.17. The second kappa shape index (κ2) is 7.13. The van der Waals surface area contributed by atoms with Crippen molar-refractivity contribution in [1.82, 2.24) is 19.4 Å². The molecule has 5 heteroatoms. The van der Waals surface area contributed by atoms with Crippen molar-refractivity contribution in [2.75, 3.05) is 0 Å². The molecule has 138 valence electrons. The molecular formula is C24H16N4O. The first kappa shape index (κ1) is 17.0. The zero-order valence-electron chi connectivity index (χ0n) is 15.4. The molecule has 1 aromatic carbocycles. The molecule has 29 heavy (non-hydrogen) atoms. The first-order valence-electron chi connectivity index (χ1n) is 9.24. The number of carbonyl (C=O) groups is 1. The predicted octanol–water partition coefficient (Wildman–Crippen LogP) is 4.94. The maximum absolute atomic E-state index is 10.9. The van der Waals surface area contributed by atoms with Crippen molar-refractivity contribution in [3.63, 3.8) is 0 Å². The SMILES string of the molecule is O=Cc1ccc(-c2cc(-c3c(-c4ccccn4)nc4ccccn34)ccn2)cc1. The number of benzene rings is 1. The highest BCUT2D eigenvalue weighted by atomic mass is 16.1. The minimum absolute atomic E-state index is 0.643. The number of imidazole rings is 1. The van der Waals surface area contributed by atoms with Crippen LogP contribution in [0.25, 0.3) is 39.5 Å². The van der Waals surface area contributed by atoms with E-state index in [9.17, 15) is 4.79 Å². The summed E-state index contributed by atoms with van der Waals surface area (Å²) in [6, 6.07) is 23.2. The van der Waals surface area contributed by atoms with Gasteiger partial charge in [0.1, 0.15) is 17.6 Å². The molecule has 0 amide bonds. The van der Waals surface area contributed by atoms with Gasteiger partial charge in [-0.2, -0.15) is 0 Å². The van der Waals surface area contributed by atoms with Gasteiger partial charge in [-0.25, -0.2) is 4.98 Å². The summed E-state index contributed by atoms with van der Waals surface area (Å²) in [6.07, 6.45) is 6.41. The van der Waals surface area contributed by atoms with Crippen molar-refractivity contribution in [2.24, 2.45) is 0 Å². The molecule has 0 aliphatic heterocycles. The van der Waals surface area contributed by atoms with Gasteiger partial charge in [0, 0.05) is 35.3 Å². The van der Waals surface area contributed by atoms with E-state index < -0.39 is 0 Å². The van der Waals surface area contributed by atoms with Crippen LogP contribution in [0.3, 0.4) is 0 Å². The Kier molecular flexibility index (Phi) is 4.18. The Labute approximate surface area is 167 Å². The van der Waals surface area contributed by atoms with Crippen molar-refractivity contribution < 1.29 is 4.79 Å². The second-order valence-electron chi connectivity index (χ2n) is 6.62. The van der Waals surface area contributed by atoms with Crippen LogP contribution in [-0.2, 0) is 0 Å². The summed E-state index contributed by atoms with van der Waals surface area (Å²) in [5.41, 5.74) is 6.89. The first-order valence-corrected chi connectivity index (χ1v) is 9.24. The number of aromatic nitrogens is 4. The summed E-state index contributed by atoms with van der Waals surface area (Å²) in [4.78, 5) is 24.8. The Hall–Kier alpha value is -4.12. The van der Waals surface area contributed by atoms with Gasteiger partial charge in [-0.15, -0.1) is 0 Å². The van der Waals surface area contributed by atoms with Crippen LogP contribution in [-0.4, -0.2) is 25.6 Å². The van der Waals surface area contributed by atoms with Gasteiger partial charge in [0.25, 0.3) is 0 Å². The van der Waals surface area contributed by atoms with Crippen LogP contribution in [0.15, 0.2) is 91.4 Å². The van der Waals surface area contributed by atoms with Crippen molar-refractivity contribution in [2.45, 2.75) is 0 Å². The van der Waals surface area contributed by atoms with Crippen LogP contribution >= 0.6 is 0 Å². The molecule has 0 saturated heterocycles. The molecule has 5 aromatic rings. The maximum atomic E-state index is 10.9. The van der Waals surface area contributed by atoms with Gasteiger partial charge < -0.3 is 0 Å². The number of carbonyl (C=O) groups excluding carboxylic acids is 1. The first-order chi connectivity index (χ1) is 14.3. The van der Waals surface area contributed by atoms with Crippen molar-refractivity contribution >= 4 is 11.9 Å². The molecule has 0 spiro atoms. The standard InChI is InChI=1S/C24H16N4O/c29-16-17-7-9-18(10-8-17)21-15-19(11-13-26-21)24-23(20-5-1-3-12-25-20)27-22-6-2-4-14-28(22)24/h1-16H. The Morgan fingerprint density at radius 2 is 1.59 bits per heavy atom. The normalized spacial score (nSPS) is 10.9. The lowest BCUT2D eigenvalue weighted by Crippen LogP contribution is -1.92. The molecule has 0 atom stereocenters. The fourth-order valence-electron chi connectivity index (χ4n) is 3.42. The van der Waals surface area contributed by atoms with Gasteiger partial charge in [0.15, 0.2) is 0 Å². The molecule has 0 aliphatic rings. The third-order valence-electron chi connectivity index (χ3n) is 4.81. The lowest BCUT2D eigenvalue weighted by Gasteiger charge is -2.08. The molecule has 0 fully saturated rings. The zero-order valence-corrected chi connectivity index (χ0v) is 15.4. The zero-order chi connectivity index (χ0) is 19.6. The smallest absolute Gasteiger partial charge is 0.150 e. The lowest BCUT2D eigenvalue weighted by atomic mass is 10.0. The van der Waals surface area contributed by atoms with Gasteiger partial charge in [-0.3, -0.25) is 19.2 Å². The lowest BCUT2D eigenvalue weighted by molar-refractivity contribution is 0.112. The van der Waals surface area contributed by atoms with Gasteiger partial charge in [-0.05, 0) is 36.4 Å². The third kappa shape index (κ3) is 3.08. The van der Waals surface area contributed by atoms with Crippen molar-refractivity contribution in [3.8, 4) is 33.9 Å². The summed E-state index contributed by atoms with van der Waals surface area (Å²) in [7, 11) is 0. The van der Waals surface area contributed by atoms with Gasteiger partial charge in [0.2, 0.25) is 0 Å². The van der Waals surface area contributed by atoms with Crippen LogP contribution in [0, 0.1) is 0 Å². The van der Waals surface area contributed by atoms with Crippen molar-refractivity contribution in [1.29, 1.82) is 0 Å². The quantitative estimate of drug-likeness (QED) is 0.417. The number of hydrogen-bond acceptors (Lipinski definition) is 4. The van der Waals surface area contributed by atoms with E-state index >= 15 is 0 Å². The number of rotatable bonds is 4. The Balaban J connectivity index is 1.70. The second-order valence-corrected chi connectivity index (χ2v) is 6.62. The fourth-order valence-corrected chi connectivity index (χ4v) is 3.42. The van der Waals surface area contributed by atoms with E-state index in [1.807, 2.05) is 66.9 Å². The molecule has 4 heterocycles. The summed E-state index contributed by atoms with van der Waals surface area (Å²) in [6.45, 7) is 0. The minimum atomic E-state index is 0.643. The number of aldehydes is 1. The highest BCUT2D eigenvalue weighted by molar-refractivity contribution is 5.82. The van der Waals surface area contributed by atoms with E-state index in [2.05, 4.69) is 14.4 Å². The minimum Gasteiger partial charge on any atom is -0.299 e. The van der Waals surface area contributed by atoms with Gasteiger partial charge in [0.05, 0.1) is 17.1 Å². The predicted molar refractivity (Wildman–Crippen MR) is 112 cm³/mol. The van der Waals surface area contributed by atoms with Crippen LogP contribution < -0.4 is 0 Å². The Bertz CT molecular complexity index is 1310. The monoisotopic (exact) mass is 376 g/mol. The van der Waals surface area contributed by atoms with E-state index in [4.69, 9.17) is 4.98 Å². The van der Waals surface area contributed by atoms with Crippen molar-refractivity contribution in [3.05, 3.63) is 97.0 Å².